The summed E-state index contributed by atoms with van der Waals surface area (Å²) in [7, 11) is 0. The number of hydrogen-bond acceptors (Lipinski definition) is 3. The summed E-state index contributed by atoms with van der Waals surface area (Å²) in [6.07, 6.45) is 6.24. The first-order chi connectivity index (χ1) is 14.4. The van der Waals surface area contributed by atoms with Crippen molar-refractivity contribution in [3.05, 3.63) is 54.4 Å². The number of aromatic nitrogens is 1. The normalized spacial score (nSPS) is 15.8. The molecule has 5 nitrogen and oxygen atoms in total. The van der Waals surface area contributed by atoms with E-state index in [9.17, 15) is 9.59 Å². The molecule has 1 saturated heterocycles. The van der Waals surface area contributed by atoms with E-state index < -0.39 is 5.41 Å². The number of pyridine rings is 1. The first-order valence-corrected chi connectivity index (χ1v) is 11.0. The van der Waals surface area contributed by atoms with Crippen LogP contribution in [0.3, 0.4) is 0 Å². The maximum atomic E-state index is 13.2. The zero-order chi connectivity index (χ0) is 21.6. The number of amides is 2. The number of hydrogen-bond donors (Lipinski definition) is 1. The Morgan fingerprint density at radius 3 is 2.50 bits per heavy atom. The molecule has 2 amide bonds. The SMILES string of the molecule is CCNC(=O)C1(Cc2ccccc2-c2cccnc2)CCN(C(=O)CC(C)C)CC1. The zero-order valence-electron chi connectivity index (χ0n) is 18.4. The lowest BCUT2D eigenvalue weighted by molar-refractivity contribution is -0.141. The van der Waals surface area contributed by atoms with Gasteiger partial charge in [0, 0.05) is 44.0 Å². The van der Waals surface area contributed by atoms with Gasteiger partial charge in [-0.2, -0.15) is 0 Å². The summed E-state index contributed by atoms with van der Waals surface area (Å²) in [6.45, 7) is 7.97. The van der Waals surface area contributed by atoms with Gasteiger partial charge in [0.15, 0.2) is 0 Å². The summed E-state index contributed by atoms with van der Waals surface area (Å²) in [5, 5.41) is 3.06. The van der Waals surface area contributed by atoms with Gasteiger partial charge in [-0.3, -0.25) is 14.6 Å². The molecule has 2 heterocycles. The molecular formula is C25H33N3O2. The molecule has 1 aliphatic heterocycles. The van der Waals surface area contributed by atoms with Crippen LogP contribution in [0.25, 0.3) is 11.1 Å². The monoisotopic (exact) mass is 407 g/mol. The van der Waals surface area contributed by atoms with Gasteiger partial charge in [0.2, 0.25) is 11.8 Å². The highest BCUT2D eigenvalue weighted by Crippen LogP contribution is 2.38. The highest BCUT2D eigenvalue weighted by molar-refractivity contribution is 5.84. The smallest absolute Gasteiger partial charge is 0.226 e. The molecule has 30 heavy (non-hydrogen) atoms. The first kappa shape index (κ1) is 22.0. The number of benzene rings is 1. The van der Waals surface area contributed by atoms with Crippen LogP contribution in [0, 0.1) is 11.3 Å². The van der Waals surface area contributed by atoms with Gasteiger partial charge >= 0.3 is 0 Å². The standard InChI is InChI=1S/C25H33N3O2/c1-4-27-24(30)25(11-14-28(15-12-25)23(29)16-19(2)3)17-20-8-5-6-10-22(20)21-9-7-13-26-18-21/h5-10,13,18-19H,4,11-12,14-17H2,1-3H3,(H,27,30). The van der Waals surface area contributed by atoms with Gasteiger partial charge in [0.05, 0.1) is 5.41 Å². The molecule has 0 atom stereocenters. The molecule has 0 radical (unpaired) electrons. The van der Waals surface area contributed by atoms with Gasteiger partial charge in [-0.1, -0.05) is 44.2 Å². The molecule has 3 rings (SSSR count). The maximum Gasteiger partial charge on any atom is 0.226 e. The van der Waals surface area contributed by atoms with Crippen LogP contribution in [0.4, 0.5) is 0 Å². The fraction of sp³-hybridized carbons (Fsp3) is 0.480. The minimum absolute atomic E-state index is 0.0990. The van der Waals surface area contributed by atoms with E-state index in [4.69, 9.17) is 0 Å². The number of carbonyl (C=O) groups is 2. The van der Waals surface area contributed by atoms with E-state index in [-0.39, 0.29) is 11.8 Å². The Morgan fingerprint density at radius 1 is 1.13 bits per heavy atom. The van der Waals surface area contributed by atoms with Crippen molar-refractivity contribution in [1.82, 2.24) is 15.2 Å². The summed E-state index contributed by atoms with van der Waals surface area (Å²) in [6, 6.07) is 12.3. The van der Waals surface area contributed by atoms with Crippen molar-refractivity contribution in [2.45, 2.75) is 46.5 Å². The Hall–Kier alpha value is -2.69. The third kappa shape index (κ3) is 5.07. The summed E-state index contributed by atoms with van der Waals surface area (Å²) in [4.78, 5) is 31.9. The minimum atomic E-state index is -0.497. The van der Waals surface area contributed by atoms with E-state index in [0.29, 0.717) is 51.2 Å². The predicted octanol–water partition coefficient (Wildman–Crippen LogP) is 4.08. The molecule has 0 spiro atoms. The van der Waals surface area contributed by atoms with Crippen LogP contribution >= 0.6 is 0 Å². The molecule has 1 aromatic heterocycles. The fourth-order valence-corrected chi connectivity index (χ4v) is 4.34. The van der Waals surface area contributed by atoms with Gasteiger partial charge in [0.1, 0.15) is 0 Å². The lowest BCUT2D eigenvalue weighted by Crippen LogP contribution is -2.51. The van der Waals surface area contributed by atoms with Gasteiger partial charge in [-0.15, -0.1) is 0 Å². The second-order valence-electron chi connectivity index (χ2n) is 8.69. The Kier molecular flexibility index (Phi) is 7.24. The third-order valence-corrected chi connectivity index (χ3v) is 5.99. The van der Waals surface area contributed by atoms with E-state index in [0.717, 1.165) is 16.7 Å². The van der Waals surface area contributed by atoms with E-state index in [1.165, 1.54) is 0 Å². The molecule has 1 aliphatic rings. The van der Waals surface area contributed by atoms with Gasteiger partial charge in [-0.25, -0.2) is 0 Å². The van der Waals surface area contributed by atoms with Crippen LogP contribution in [-0.4, -0.2) is 41.3 Å². The molecule has 0 saturated carbocycles. The molecule has 0 unspecified atom stereocenters. The van der Waals surface area contributed by atoms with E-state index in [2.05, 4.69) is 42.3 Å². The van der Waals surface area contributed by atoms with Crippen molar-refractivity contribution in [1.29, 1.82) is 0 Å². The third-order valence-electron chi connectivity index (χ3n) is 5.99. The number of piperidine rings is 1. The molecule has 160 valence electrons. The molecule has 1 aromatic carbocycles. The average Bonchev–Trinajstić information content (AvgIpc) is 2.75. The Labute approximate surface area is 179 Å². The summed E-state index contributed by atoms with van der Waals surface area (Å²) in [5.41, 5.74) is 2.83. The second-order valence-corrected chi connectivity index (χ2v) is 8.69. The summed E-state index contributed by atoms with van der Waals surface area (Å²) in [5.74, 6) is 0.645. The molecule has 1 fully saturated rings. The molecule has 0 aliphatic carbocycles. The highest BCUT2D eigenvalue weighted by Gasteiger charge is 2.42. The lowest BCUT2D eigenvalue weighted by Gasteiger charge is -2.41. The van der Waals surface area contributed by atoms with E-state index >= 15 is 0 Å². The largest absolute Gasteiger partial charge is 0.356 e. The Morgan fingerprint density at radius 2 is 1.87 bits per heavy atom. The lowest BCUT2D eigenvalue weighted by atomic mass is 9.72. The molecule has 1 N–H and O–H groups in total. The van der Waals surface area contributed by atoms with Crippen molar-refractivity contribution >= 4 is 11.8 Å². The maximum absolute atomic E-state index is 13.2. The van der Waals surface area contributed by atoms with E-state index in [1.54, 1.807) is 6.20 Å². The van der Waals surface area contributed by atoms with Crippen LogP contribution in [0.15, 0.2) is 48.8 Å². The van der Waals surface area contributed by atoms with Crippen molar-refractivity contribution in [2.24, 2.45) is 11.3 Å². The number of rotatable bonds is 7. The molecule has 2 aromatic rings. The van der Waals surface area contributed by atoms with Crippen LogP contribution in [-0.2, 0) is 16.0 Å². The number of nitrogens with one attached hydrogen (secondary N) is 1. The number of likely N-dealkylation sites (tertiary alicyclic amines) is 1. The van der Waals surface area contributed by atoms with Crippen molar-refractivity contribution in [3.8, 4) is 11.1 Å². The first-order valence-electron chi connectivity index (χ1n) is 11.0. The predicted molar refractivity (Wildman–Crippen MR) is 120 cm³/mol. The average molecular weight is 408 g/mol. The van der Waals surface area contributed by atoms with Gasteiger partial charge < -0.3 is 10.2 Å². The number of nitrogens with zero attached hydrogens (tertiary/aromatic N) is 2. The quantitative estimate of drug-likeness (QED) is 0.752. The molecular weight excluding hydrogens is 374 g/mol. The van der Waals surface area contributed by atoms with E-state index in [1.807, 2.05) is 36.2 Å². The van der Waals surface area contributed by atoms with Gasteiger partial charge in [-0.05, 0) is 49.3 Å². The van der Waals surface area contributed by atoms with Crippen LogP contribution in [0.5, 0.6) is 0 Å². The van der Waals surface area contributed by atoms with Gasteiger partial charge in [0.25, 0.3) is 0 Å². The summed E-state index contributed by atoms with van der Waals surface area (Å²) < 4.78 is 0. The van der Waals surface area contributed by atoms with Crippen LogP contribution < -0.4 is 5.32 Å². The highest BCUT2D eigenvalue weighted by atomic mass is 16.2. The van der Waals surface area contributed by atoms with Crippen molar-refractivity contribution < 1.29 is 9.59 Å². The molecule has 0 bridgehead atoms. The summed E-state index contributed by atoms with van der Waals surface area (Å²) >= 11 is 0. The fourth-order valence-electron chi connectivity index (χ4n) is 4.34. The Bertz CT molecular complexity index is 856. The zero-order valence-corrected chi connectivity index (χ0v) is 18.4. The van der Waals surface area contributed by atoms with Crippen molar-refractivity contribution in [3.63, 3.8) is 0 Å². The minimum Gasteiger partial charge on any atom is -0.356 e. The Balaban J connectivity index is 1.85. The van der Waals surface area contributed by atoms with Crippen molar-refractivity contribution in [2.75, 3.05) is 19.6 Å². The second kappa shape index (κ2) is 9.88. The van der Waals surface area contributed by atoms with Crippen LogP contribution in [0.1, 0.15) is 45.6 Å². The molecule has 5 heteroatoms. The number of carbonyl (C=O) groups excluding carboxylic acids is 2. The topological polar surface area (TPSA) is 62.3 Å². The van der Waals surface area contributed by atoms with Crippen LogP contribution in [0.2, 0.25) is 0 Å².